The van der Waals surface area contributed by atoms with Crippen LogP contribution in [0.1, 0.15) is 19.4 Å². The van der Waals surface area contributed by atoms with Crippen LogP contribution < -0.4 is 4.74 Å². The summed E-state index contributed by atoms with van der Waals surface area (Å²) in [6.07, 6.45) is 0.769. The summed E-state index contributed by atoms with van der Waals surface area (Å²) in [6, 6.07) is 14.7. The van der Waals surface area contributed by atoms with E-state index in [0.29, 0.717) is 0 Å². The molecule has 0 aliphatic heterocycles. The SMILES string of the molecule is COc1ccc2cc(CC(C)(C)C#N)ccc2c1. The Labute approximate surface area is 108 Å². The van der Waals surface area contributed by atoms with Gasteiger partial charge in [-0.2, -0.15) is 5.26 Å². The topological polar surface area (TPSA) is 33.0 Å². The van der Waals surface area contributed by atoms with Crippen LogP contribution in [0.4, 0.5) is 0 Å². The van der Waals surface area contributed by atoms with Crippen LogP contribution in [0.25, 0.3) is 10.8 Å². The second-order valence-electron chi connectivity index (χ2n) is 5.22. The maximum absolute atomic E-state index is 9.07. The molecular formula is C16H17NO. The minimum absolute atomic E-state index is 0.319. The summed E-state index contributed by atoms with van der Waals surface area (Å²) in [7, 11) is 1.67. The standard InChI is InChI=1S/C16H17NO/c1-16(2,11-17)10-12-4-5-14-9-15(18-3)7-6-13(14)8-12/h4-9H,10H2,1-3H3. The molecule has 92 valence electrons. The third-order valence-corrected chi connectivity index (χ3v) is 3.06. The summed E-state index contributed by atoms with van der Waals surface area (Å²) in [5.74, 6) is 0.868. The first-order valence-electron chi connectivity index (χ1n) is 6.02. The third-order valence-electron chi connectivity index (χ3n) is 3.06. The Kier molecular flexibility index (Phi) is 3.25. The van der Waals surface area contributed by atoms with Crippen molar-refractivity contribution in [2.24, 2.45) is 5.41 Å². The number of nitrogens with zero attached hydrogens (tertiary/aromatic N) is 1. The van der Waals surface area contributed by atoms with Gasteiger partial charge in [0.15, 0.2) is 0 Å². The summed E-state index contributed by atoms with van der Waals surface area (Å²) in [5, 5.41) is 11.4. The van der Waals surface area contributed by atoms with Gasteiger partial charge in [0.25, 0.3) is 0 Å². The molecule has 2 aromatic rings. The largest absolute Gasteiger partial charge is 0.497 e. The van der Waals surface area contributed by atoms with Crippen molar-refractivity contribution in [3.8, 4) is 11.8 Å². The highest BCUT2D eigenvalue weighted by atomic mass is 16.5. The molecule has 0 saturated heterocycles. The van der Waals surface area contributed by atoms with Crippen molar-refractivity contribution in [2.75, 3.05) is 7.11 Å². The molecule has 2 heteroatoms. The summed E-state index contributed by atoms with van der Waals surface area (Å²) >= 11 is 0. The second kappa shape index (κ2) is 4.70. The quantitative estimate of drug-likeness (QED) is 0.812. The van der Waals surface area contributed by atoms with E-state index in [4.69, 9.17) is 10.00 Å². The van der Waals surface area contributed by atoms with Crippen LogP contribution in [0.5, 0.6) is 5.75 Å². The number of hydrogen-bond donors (Lipinski definition) is 0. The minimum Gasteiger partial charge on any atom is -0.497 e. The van der Waals surface area contributed by atoms with E-state index < -0.39 is 0 Å². The smallest absolute Gasteiger partial charge is 0.119 e. The van der Waals surface area contributed by atoms with Crippen LogP contribution in [0.15, 0.2) is 36.4 Å². The molecule has 0 saturated carbocycles. The monoisotopic (exact) mass is 239 g/mol. The Hall–Kier alpha value is -2.01. The van der Waals surface area contributed by atoms with Gasteiger partial charge in [0, 0.05) is 0 Å². The van der Waals surface area contributed by atoms with E-state index in [0.717, 1.165) is 17.6 Å². The molecule has 0 aliphatic carbocycles. The van der Waals surface area contributed by atoms with Crippen LogP contribution in [-0.2, 0) is 6.42 Å². The number of ether oxygens (including phenoxy) is 1. The van der Waals surface area contributed by atoms with Crippen LogP contribution in [0.2, 0.25) is 0 Å². The summed E-state index contributed by atoms with van der Waals surface area (Å²) in [5.41, 5.74) is 0.874. The number of methoxy groups -OCH3 is 1. The van der Waals surface area contributed by atoms with Crippen LogP contribution >= 0.6 is 0 Å². The molecular weight excluding hydrogens is 222 g/mol. The molecule has 0 heterocycles. The first kappa shape index (κ1) is 12.4. The highest BCUT2D eigenvalue weighted by molar-refractivity contribution is 5.84. The van der Waals surface area contributed by atoms with Crippen LogP contribution in [-0.4, -0.2) is 7.11 Å². The predicted octanol–water partition coefficient (Wildman–Crippen LogP) is 3.94. The van der Waals surface area contributed by atoms with Crippen molar-refractivity contribution >= 4 is 10.8 Å². The molecule has 18 heavy (non-hydrogen) atoms. The summed E-state index contributed by atoms with van der Waals surface area (Å²) in [4.78, 5) is 0. The molecule has 0 atom stereocenters. The Balaban J connectivity index is 2.37. The Bertz CT molecular complexity index is 608. The Morgan fingerprint density at radius 3 is 2.44 bits per heavy atom. The zero-order chi connectivity index (χ0) is 13.2. The van der Waals surface area contributed by atoms with Gasteiger partial charge in [0.1, 0.15) is 5.75 Å². The van der Waals surface area contributed by atoms with Gasteiger partial charge >= 0.3 is 0 Å². The number of benzene rings is 2. The Morgan fingerprint density at radius 2 is 1.78 bits per heavy atom. The van der Waals surface area contributed by atoms with Gasteiger partial charge in [-0.05, 0) is 48.7 Å². The van der Waals surface area contributed by atoms with Gasteiger partial charge in [-0.1, -0.05) is 24.3 Å². The van der Waals surface area contributed by atoms with Gasteiger partial charge in [-0.15, -0.1) is 0 Å². The lowest BCUT2D eigenvalue weighted by molar-refractivity contribution is 0.415. The predicted molar refractivity (Wildman–Crippen MR) is 73.6 cm³/mol. The van der Waals surface area contributed by atoms with E-state index in [1.807, 2.05) is 26.0 Å². The zero-order valence-corrected chi connectivity index (χ0v) is 11.0. The highest BCUT2D eigenvalue weighted by Gasteiger charge is 2.17. The van der Waals surface area contributed by atoms with Gasteiger partial charge in [-0.25, -0.2) is 0 Å². The van der Waals surface area contributed by atoms with Crippen LogP contribution in [0.3, 0.4) is 0 Å². The molecule has 0 unspecified atom stereocenters. The van der Waals surface area contributed by atoms with E-state index in [1.54, 1.807) is 7.11 Å². The molecule has 2 rings (SSSR count). The first-order valence-corrected chi connectivity index (χ1v) is 6.02. The zero-order valence-electron chi connectivity index (χ0n) is 11.0. The number of hydrogen-bond acceptors (Lipinski definition) is 2. The lowest BCUT2D eigenvalue weighted by Gasteiger charge is -2.15. The number of rotatable bonds is 3. The molecule has 0 amide bonds. The first-order chi connectivity index (χ1) is 8.54. The molecule has 0 spiro atoms. The molecule has 0 aliphatic rings. The normalized spacial score (nSPS) is 11.2. The van der Waals surface area contributed by atoms with E-state index in [-0.39, 0.29) is 5.41 Å². The van der Waals surface area contributed by atoms with Crippen molar-refractivity contribution in [2.45, 2.75) is 20.3 Å². The maximum Gasteiger partial charge on any atom is 0.119 e. The van der Waals surface area contributed by atoms with Gasteiger partial charge in [0.05, 0.1) is 18.6 Å². The summed E-state index contributed by atoms with van der Waals surface area (Å²) < 4.78 is 5.21. The average molecular weight is 239 g/mol. The molecule has 0 bridgehead atoms. The second-order valence-corrected chi connectivity index (χ2v) is 5.22. The fourth-order valence-electron chi connectivity index (χ4n) is 2.06. The van der Waals surface area contributed by atoms with E-state index in [2.05, 4.69) is 30.3 Å². The molecule has 0 N–H and O–H groups in total. The van der Waals surface area contributed by atoms with Crippen molar-refractivity contribution in [3.05, 3.63) is 42.0 Å². The lowest BCUT2D eigenvalue weighted by Crippen LogP contribution is -2.11. The average Bonchev–Trinajstić information content (AvgIpc) is 2.37. The van der Waals surface area contributed by atoms with Gasteiger partial charge in [0.2, 0.25) is 0 Å². The minimum atomic E-state index is -0.319. The third kappa shape index (κ3) is 2.62. The highest BCUT2D eigenvalue weighted by Crippen LogP contribution is 2.25. The summed E-state index contributed by atoms with van der Waals surface area (Å²) in [6.45, 7) is 3.93. The van der Waals surface area contributed by atoms with Crippen molar-refractivity contribution in [3.63, 3.8) is 0 Å². The molecule has 0 fully saturated rings. The van der Waals surface area contributed by atoms with Gasteiger partial charge in [-0.3, -0.25) is 0 Å². The Morgan fingerprint density at radius 1 is 1.11 bits per heavy atom. The lowest BCUT2D eigenvalue weighted by atomic mass is 9.87. The van der Waals surface area contributed by atoms with E-state index >= 15 is 0 Å². The molecule has 2 nitrogen and oxygen atoms in total. The fraction of sp³-hybridized carbons (Fsp3) is 0.312. The van der Waals surface area contributed by atoms with Crippen molar-refractivity contribution < 1.29 is 4.74 Å². The molecule has 0 aromatic heterocycles. The van der Waals surface area contributed by atoms with Crippen molar-refractivity contribution in [1.82, 2.24) is 0 Å². The van der Waals surface area contributed by atoms with E-state index in [9.17, 15) is 0 Å². The number of fused-ring (bicyclic) bond motifs is 1. The van der Waals surface area contributed by atoms with Crippen LogP contribution in [0, 0.1) is 16.7 Å². The molecule has 0 radical (unpaired) electrons. The molecule has 2 aromatic carbocycles. The number of nitriles is 1. The van der Waals surface area contributed by atoms with Gasteiger partial charge < -0.3 is 4.74 Å². The maximum atomic E-state index is 9.07. The van der Waals surface area contributed by atoms with E-state index in [1.165, 1.54) is 10.9 Å². The fourth-order valence-corrected chi connectivity index (χ4v) is 2.06. The van der Waals surface area contributed by atoms with Crippen molar-refractivity contribution in [1.29, 1.82) is 5.26 Å².